The summed E-state index contributed by atoms with van der Waals surface area (Å²) in [5, 5.41) is 0. The van der Waals surface area contributed by atoms with Gasteiger partial charge in [-0.2, -0.15) is 34.1 Å². The van der Waals surface area contributed by atoms with Crippen LogP contribution < -0.4 is 0 Å². The van der Waals surface area contributed by atoms with E-state index >= 15 is 0 Å². The van der Waals surface area contributed by atoms with Crippen molar-refractivity contribution in [1.82, 2.24) is 0 Å². The molecule has 1 aliphatic rings. The third kappa shape index (κ3) is 55.6. The fourth-order valence-corrected chi connectivity index (χ4v) is 0.510. The van der Waals surface area contributed by atoms with E-state index in [1.165, 1.54) is 19.3 Å². The Bertz CT molecular complexity index is 67.7. The largest absolute Gasteiger partial charge is 0.501 e. The molecule has 4 N–H and O–H groups in total. The molecule has 0 bridgehead atoms. The third-order valence-corrected chi connectivity index (χ3v) is 0.814. The second kappa shape index (κ2) is 37.7. The zero-order valence-electron chi connectivity index (χ0n) is 9.76. The summed E-state index contributed by atoms with van der Waals surface area (Å²) in [6, 6.07) is 0. The molecule has 0 fully saturated rings. The SMILES string of the molecule is C[CH-]C.C[CH-]C.O.O.[C-]1=CCCC1.[W]. The van der Waals surface area contributed by atoms with Crippen LogP contribution in [0.1, 0.15) is 47.0 Å². The fourth-order valence-electron chi connectivity index (χ4n) is 0.510. The van der Waals surface area contributed by atoms with Gasteiger partial charge < -0.3 is 29.9 Å². The van der Waals surface area contributed by atoms with E-state index < -0.39 is 0 Å². The summed E-state index contributed by atoms with van der Waals surface area (Å²) < 4.78 is 0. The van der Waals surface area contributed by atoms with E-state index in [-0.39, 0.29) is 32.0 Å². The summed E-state index contributed by atoms with van der Waals surface area (Å²) in [7, 11) is 0. The molecule has 1 rings (SSSR count). The van der Waals surface area contributed by atoms with Crippen molar-refractivity contribution in [2.24, 2.45) is 0 Å². The molecular formula is C11H25O2W-3. The summed E-state index contributed by atoms with van der Waals surface area (Å²) in [4.78, 5) is 0. The van der Waals surface area contributed by atoms with Crippen LogP contribution in [0.15, 0.2) is 6.08 Å². The minimum atomic E-state index is 0. The molecule has 14 heavy (non-hydrogen) atoms. The first kappa shape index (κ1) is 29.3. The summed E-state index contributed by atoms with van der Waals surface area (Å²) in [5.41, 5.74) is 0. The van der Waals surface area contributed by atoms with Crippen LogP contribution in [-0.4, -0.2) is 11.0 Å². The normalized spacial score (nSPS) is 10.0. The molecule has 90 valence electrons. The van der Waals surface area contributed by atoms with Gasteiger partial charge in [-0.1, -0.05) is 12.8 Å². The number of hydrogen-bond acceptors (Lipinski definition) is 0. The van der Waals surface area contributed by atoms with Crippen molar-refractivity contribution < 1.29 is 32.0 Å². The van der Waals surface area contributed by atoms with E-state index in [0.29, 0.717) is 0 Å². The average molecular weight is 373 g/mol. The molecule has 0 aromatic carbocycles. The quantitative estimate of drug-likeness (QED) is 0.586. The van der Waals surface area contributed by atoms with Gasteiger partial charge in [-0.15, -0.1) is 0 Å². The van der Waals surface area contributed by atoms with Crippen molar-refractivity contribution in [3.8, 4) is 0 Å². The molecule has 1 aliphatic carbocycles. The van der Waals surface area contributed by atoms with E-state index in [4.69, 9.17) is 0 Å². The van der Waals surface area contributed by atoms with Crippen molar-refractivity contribution in [2.45, 2.75) is 47.0 Å². The molecule has 0 amide bonds. The second-order valence-electron chi connectivity index (χ2n) is 2.46. The Hall–Kier alpha value is 0.348. The molecule has 0 spiro atoms. The van der Waals surface area contributed by atoms with Crippen LogP contribution in [0.25, 0.3) is 0 Å². The van der Waals surface area contributed by atoms with Gasteiger partial charge in [-0.3, -0.25) is 6.08 Å². The van der Waals surface area contributed by atoms with E-state index in [9.17, 15) is 0 Å². The van der Waals surface area contributed by atoms with Gasteiger partial charge in [0.2, 0.25) is 0 Å². The molecule has 0 saturated carbocycles. The maximum Gasteiger partial charge on any atom is 0 e. The fraction of sp³-hybridized carbons (Fsp3) is 0.636. The molecular weight excluding hydrogens is 348 g/mol. The van der Waals surface area contributed by atoms with Gasteiger partial charge in [0.1, 0.15) is 0 Å². The van der Waals surface area contributed by atoms with Gasteiger partial charge in [-0.25, -0.2) is 0 Å². The summed E-state index contributed by atoms with van der Waals surface area (Å²) in [5.74, 6) is 0. The Labute approximate surface area is 104 Å². The predicted molar refractivity (Wildman–Crippen MR) is 60.2 cm³/mol. The monoisotopic (exact) mass is 373 g/mol. The van der Waals surface area contributed by atoms with Crippen LogP contribution in [0.4, 0.5) is 0 Å². The van der Waals surface area contributed by atoms with Crippen LogP contribution in [0, 0.1) is 18.9 Å². The molecule has 3 heteroatoms. The van der Waals surface area contributed by atoms with Gasteiger partial charge >= 0.3 is 0 Å². The first-order chi connectivity index (χ1) is 5.33. The molecule has 0 radical (unpaired) electrons. The Morgan fingerprint density at radius 3 is 1.43 bits per heavy atom. The molecule has 0 atom stereocenters. The van der Waals surface area contributed by atoms with Gasteiger partial charge in [0, 0.05) is 21.1 Å². The van der Waals surface area contributed by atoms with E-state index in [1.54, 1.807) is 0 Å². The van der Waals surface area contributed by atoms with E-state index in [2.05, 4.69) is 12.2 Å². The average Bonchev–Trinajstić information content (AvgIpc) is 2.44. The number of rotatable bonds is 0. The van der Waals surface area contributed by atoms with Crippen molar-refractivity contribution in [2.75, 3.05) is 0 Å². The molecule has 0 aromatic rings. The Kier molecular flexibility index (Phi) is 78.8. The van der Waals surface area contributed by atoms with Gasteiger partial charge in [-0.05, 0) is 0 Å². The van der Waals surface area contributed by atoms with E-state index in [0.717, 1.165) is 0 Å². The molecule has 0 unspecified atom stereocenters. The number of hydrogen-bond donors (Lipinski definition) is 0. The van der Waals surface area contributed by atoms with Gasteiger partial charge in [0.25, 0.3) is 0 Å². The van der Waals surface area contributed by atoms with Crippen LogP contribution in [0.2, 0.25) is 0 Å². The molecule has 2 nitrogen and oxygen atoms in total. The van der Waals surface area contributed by atoms with Crippen molar-refractivity contribution in [3.05, 3.63) is 25.0 Å². The maximum atomic E-state index is 3.10. The van der Waals surface area contributed by atoms with Crippen molar-refractivity contribution in [3.63, 3.8) is 0 Å². The molecule has 0 aliphatic heterocycles. The van der Waals surface area contributed by atoms with Crippen molar-refractivity contribution >= 4 is 0 Å². The summed E-state index contributed by atoms with van der Waals surface area (Å²) in [6.45, 7) is 8.00. The predicted octanol–water partition coefficient (Wildman–Crippen LogP) is 2.34. The van der Waals surface area contributed by atoms with Crippen LogP contribution in [-0.2, 0) is 21.1 Å². The molecule has 0 heterocycles. The van der Waals surface area contributed by atoms with Gasteiger partial charge in [0.05, 0.1) is 0 Å². The summed E-state index contributed by atoms with van der Waals surface area (Å²) >= 11 is 0. The van der Waals surface area contributed by atoms with Crippen LogP contribution in [0.5, 0.6) is 0 Å². The minimum Gasteiger partial charge on any atom is -0.501 e. The smallest absolute Gasteiger partial charge is 0 e. The number of allylic oxidation sites excluding steroid dienone is 2. The third-order valence-electron chi connectivity index (χ3n) is 0.814. The first-order valence-corrected chi connectivity index (χ1v) is 4.36. The Morgan fingerprint density at radius 2 is 1.36 bits per heavy atom. The standard InChI is InChI=1S/C5H7.2C3H7.2H2O.W/c1-2-4-5-3-1;2*1-3-2;;;/h1H,2,4-5H2;2*3H,1-2H3;2*1H2;/q3*-1;;;. The van der Waals surface area contributed by atoms with Gasteiger partial charge in [0.15, 0.2) is 0 Å². The zero-order chi connectivity index (χ0) is 8.95. The topological polar surface area (TPSA) is 63.0 Å². The second-order valence-corrected chi connectivity index (χ2v) is 2.46. The Balaban J connectivity index is -0.0000000276. The minimum absolute atomic E-state index is 0. The first-order valence-electron chi connectivity index (χ1n) is 4.36. The molecule has 0 saturated heterocycles. The van der Waals surface area contributed by atoms with Crippen LogP contribution in [0.3, 0.4) is 0 Å². The Morgan fingerprint density at radius 1 is 1.00 bits per heavy atom. The maximum absolute atomic E-state index is 3.10. The van der Waals surface area contributed by atoms with Crippen molar-refractivity contribution in [1.29, 1.82) is 0 Å². The van der Waals surface area contributed by atoms with E-state index in [1.807, 2.05) is 40.5 Å². The molecule has 0 aromatic heterocycles. The zero-order valence-corrected chi connectivity index (χ0v) is 12.7. The van der Waals surface area contributed by atoms with Crippen LogP contribution >= 0.6 is 0 Å². The summed E-state index contributed by atoms with van der Waals surface area (Å²) in [6.07, 6.45) is 13.0.